The number of nitrogens with zero attached hydrogens (tertiary/aromatic N) is 2. The highest BCUT2D eigenvalue weighted by atomic mass is 28.4. The third kappa shape index (κ3) is 70.4. The van der Waals surface area contributed by atoms with E-state index in [4.69, 9.17) is 27.5 Å². The van der Waals surface area contributed by atoms with E-state index in [1.54, 1.807) is 20.8 Å². The fourth-order valence-corrected chi connectivity index (χ4v) is 18.4. The summed E-state index contributed by atoms with van der Waals surface area (Å²) in [6, 6.07) is 0.652. The maximum absolute atomic E-state index is 11.1. The van der Waals surface area contributed by atoms with Crippen molar-refractivity contribution in [2.45, 2.75) is 412 Å². The van der Waals surface area contributed by atoms with Gasteiger partial charge in [0.25, 0.3) is 0 Å². The Labute approximate surface area is 612 Å². The first-order chi connectivity index (χ1) is 47.0. The van der Waals surface area contributed by atoms with Crippen LogP contribution in [0.25, 0.3) is 0 Å². The fraction of sp³-hybridized carbons (Fsp3) is 1.00. The van der Waals surface area contributed by atoms with E-state index in [0.29, 0.717) is 19.3 Å². The van der Waals surface area contributed by atoms with Gasteiger partial charge in [0.2, 0.25) is 0 Å². The number of ether oxygens (including phenoxy) is 3. The molecule has 7 N–H and O–H groups in total. The van der Waals surface area contributed by atoms with Crippen LogP contribution in [-0.4, -0.2) is 196 Å². The van der Waals surface area contributed by atoms with E-state index >= 15 is 0 Å². The second kappa shape index (κ2) is 66.5. The molecule has 0 aromatic rings. The molecule has 590 valence electrons. The summed E-state index contributed by atoms with van der Waals surface area (Å²) >= 11 is 0. The molecule has 0 amide bonds. The molecule has 0 spiro atoms. The van der Waals surface area contributed by atoms with Gasteiger partial charge in [-0.25, -0.2) is 0 Å². The Hall–Kier alpha value is 0.0506. The number of hydrogen-bond acceptors (Lipinski definition) is 12. The molecule has 0 radical (unpaired) electrons. The quantitative estimate of drug-likeness (QED) is 0.0174. The van der Waals surface area contributed by atoms with Gasteiger partial charge in [0.1, 0.15) is 6.10 Å². The highest BCUT2D eigenvalue weighted by Gasteiger charge is 2.37. The van der Waals surface area contributed by atoms with Crippen molar-refractivity contribution in [3.05, 3.63) is 0 Å². The Morgan fingerprint density at radius 3 is 0.765 bits per heavy atom. The van der Waals surface area contributed by atoms with Crippen LogP contribution in [-0.2, 0) is 27.5 Å². The Morgan fingerprint density at radius 2 is 0.490 bits per heavy atom. The van der Waals surface area contributed by atoms with Crippen molar-refractivity contribution in [2.24, 2.45) is 0 Å². The van der Waals surface area contributed by atoms with Crippen LogP contribution in [0.4, 0.5) is 0 Å². The molecule has 0 aliphatic heterocycles. The average molecular weight is 1450 g/mol. The molecule has 0 aromatic carbocycles. The lowest BCUT2D eigenvalue weighted by atomic mass is 10.0. The van der Waals surface area contributed by atoms with Crippen LogP contribution in [0.3, 0.4) is 0 Å². The van der Waals surface area contributed by atoms with Crippen molar-refractivity contribution in [1.29, 1.82) is 0 Å². The molecule has 18 heteroatoms. The first-order valence-corrected chi connectivity index (χ1v) is 48.6. The zero-order valence-corrected chi connectivity index (χ0v) is 70.3. The van der Waals surface area contributed by atoms with Gasteiger partial charge in [0.15, 0.2) is 0 Å². The molecule has 15 nitrogen and oxygen atoms in total. The Kier molecular flexibility index (Phi) is 66.5. The van der Waals surface area contributed by atoms with Crippen molar-refractivity contribution in [3.63, 3.8) is 0 Å². The average Bonchev–Trinajstić information content (AvgIpc) is 1.19. The van der Waals surface area contributed by atoms with Crippen LogP contribution in [0.2, 0.25) is 18.1 Å². The van der Waals surface area contributed by atoms with E-state index in [-0.39, 0.29) is 51.2 Å². The zero-order chi connectivity index (χ0) is 72.6. The summed E-state index contributed by atoms with van der Waals surface area (Å²) in [5.41, 5.74) is 0. The van der Waals surface area contributed by atoms with Gasteiger partial charge in [-0.1, -0.05) is 290 Å². The third-order valence-electron chi connectivity index (χ3n) is 20.4. The molecule has 5 unspecified atom stereocenters. The topological polar surface area (TPSA) is 181 Å². The summed E-state index contributed by atoms with van der Waals surface area (Å²) in [5, 5.41) is 0. The standard InChI is InChI=1S/C80H173N3O12Si3/c1-12-15-18-21-24-27-30-33-36-39-42-45-48-51-54-57-63-81(7)64-60-69-96(84,85)93-77(4)72-90-75-80(92-74-79(6)95-98(88,89)71-62-68-83(10,11)66-59-56-53-50-47-44-41-38-35-32-29-26-23-20-17-14-3)76-91-73-78(5)94-97(86,87)70-61-67-82(8,9)65-58-55-52-49-46-43-40-37-34-31-28-25-22-19-16-13-2/h77-80,84-89H,12-76H2,1-11H3/q+2/p+1. The van der Waals surface area contributed by atoms with Gasteiger partial charge in [0.05, 0.1) is 126 Å². The molecule has 0 aromatic heterocycles. The molecule has 0 rings (SSSR count). The maximum atomic E-state index is 11.1. The number of nitrogens with one attached hydrogen (secondary N) is 1. The molecule has 0 aliphatic rings. The van der Waals surface area contributed by atoms with Crippen molar-refractivity contribution in [2.75, 3.05) is 108 Å². The van der Waals surface area contributed by atoms with Gasteiger partial charge < -0.3 is 70.1 Å². The summed E-state index contributed by atoms with van der Waals surface area (Å²) in [4.78, 5) is 67.8. The van der Waals surface area contributed by atoms with Gasteiger partial charge in [-0.2, -0.15) is 0 Å². The summed E-state index contributed by atoms with van der Waals surface area (Å²) < 4.78 is 37.8. The largest absolute Gasteiger partial charge is 0.496 e. The first kappa shape index (κ1) is 98.1. The minimum atomic E-state index is -4.00. The second-order valence-electron chi connectivity index (χ2n) is 32.5. The van der Waals surface area contributed by atoms with Crippen molar-refractivity contribution in [3.8, 4) is 0 Å². The molecule has 0 saturated heterocycles. The molecule has 0 fully saturated rings. The minimum Gasteiger partial charge on any atom is -0.390 e. The van der Waals surface area contributed by atoms with Crippen LogP contribution < -0.4 is 4.90 Å². The van der Waals surface area contributed by atoms with Gasteiger partial charge in [-0.15, -0.1) is 0 Å². The third-order valence-corrected chi connectivity index (χ3v) is 25.7. The Balaban J connectivity index is 5.00. The highest BCUT2D eigenvalue weighted by molar-refractivity contribution is 6.58. The van der Waals surface area contributed by atoms with E-state index in [1.807, 2.05) is 0 Å². The molecule has 0 heterocycles. The Bertz CT molecular complexity index is 1660. The predicted octanol–water partition coefficient (Wildman–Crippen LogP) is 18.0. The van der Waals surface area contributed by atoms with Crippen LogP contribution in [0.5, 0.6) is 0 Å². The molecular formula is C80H174N3O12Si3+3. The minimum absolute atomic E-state index is 0.0586. The van der Waals surface area contributed by atoms with E-state index in [1.165, 1.54) is 313 Å². The summed E-state index contributed by atoms with van der Waals surface area (Å²) in [6.45, 7) is 18.4. The van der Waals surface area contributed by atoms with Crippen molar-refractivity contribution in [1.82, 2.24) is 0 Å². The summed E-state index contributed by atoms with van der Waals surface area (Å²) in [5.74, 6) is 0. The Morgan fingerprint density at radius 1 is 0.276 bits per heavy atom. The number of quaternary nitrogens is 3. The lowest BCUT2D eigenvalue weighted by Crippen LogP contribution is -3.09. The molecule has 0 saturated carbocycles. The van der Waals surface area contributed by atoms with Crippen LogP contribution in [0.1, 0.15) is 369 Å². The molecule has 0 bridgehead atoms. The van der Waals surface area contributed by atoms with Gasteiger partial charge >= 0.3 is 26.4 Å². The smallest absolute Gasteiger partial charge is 0.390 e. The summed E-state index contributed by atoms with van der Waals surface area (Å²) in [7, 11) is -0.770. The molecular weight excluding hydrogens is 1280 g/mol. The number of unbranched alkanes of at least 4 members (excludes halogenated alkanes) is 45. The fourth-order valence-electron chi connectivity index (χ4n) is 14.0. The van der Waals surface area contributed by atoms with E-state index in [0.717, 1.165) is 48.2 Å². The molecule has 98 heavy (non-hydrogen) atoms. The molecule has 5 atom stereocenters. The highest BCUT2D eigenvalue weighted by Crippen LogP contribution is 2.21. The van der Waals surface area contributed by atoms with Gasteiger partial charge in [-0.05, 0) is 59.3 Å². The zero-order valence-electron chi connectivity index (χ0n) is 67.3. The van der Waals surface area contributed by atoms with E-state index < -0.39 is 50.8 Å². The van der Waals surface area contributed by atoms with Crippen LogP contribution in [0.15, 0.2) is 0 Å². The second-order valence-corrected chi connectivity index (χ2v) is 39.2. The lowest BCUT2D eigenvalue weighted by Gasteiger charge is -2.31. The van der Waals surface area contributed by atoms with Gasteiger partial charge in [0, 0.05) is 37.4 Å². The summed E-state index contributed by atoms with van der Waals surface area (Å²) in [6.07, 6.45) is 64.8. The molecule has 0 aliphatic carbocycles. The van der Waals surface area contributed by atoms with Crippen LogP contribution >= 0.6 is 0 Å². The predicted molar refractivity (Wildman–Crippen MR) is 421 cm³/mol. The van der Waals surface area contributed by atoms with E-state index in [2.05, 4.69) is 56.0 Å². The first-order valence-electron chi connectivity index (χ1n) is 42.6. The van der Waals surface area contributed by atoms with Crippen LogP contribution in [0, 0.1) is 0 Å². The monoisotopic (exact) mass is 1450 g/mol. The number of hydrogen-bond donors (Lipinski definition) is 7. The normalized spacial score (nSPS) is 14.4. The van der Waals surface area contributed by atoms with Crippen molar-refractivity contribution >= 4 is 26.4 Å². The lowest BCUT2D eigenvalue weighted by molar-refractivity contribution is -0.890. The van der Waals surface area contributed by atoms with E-state index in [9.17, 15) is 28.8 Å². The SMILES string of the molecule is CCCCCCCCCCCCCCCCCC[NH+](C)CCC[Si](O)(O)OC(C)COCC(COCC(C)O[Si](O)(O)CCC[N+](C)(C)CCCCCCCCCCCCCCCCCC)OCC(C)O[Si](O)(O)CCC[N+](C)(C)CCCCCCCCCCCCCCCCCC. The van der Waals surface area contributed by atoms with Gasteiger partial charge in [-0.3, -0.25) is 0 Å². The van der Waals surface area contributed by atoms with Crippen molar-refractivity contribution < 1.29 is 70.1 Å². The maximum Gasteiger partial charge on any atom is 0.496 e. The number of rotatable bonds is 80.